The molecular weight excluding hydrogens is 651 g/mol. The number of fused-ring (bicyclic) bond motifs is 6. The highest BCUT2D eigenvalue weighted by atomic mass is 15.1. The van der Waals surface area contributed by atoms with E-state index in [0.717, 1.165) is 17.1 Å². The van der Waals surface area contributed by atoms with Crippen LogP contribution in [-0.4, -0.2) is 0 Å². The summed E-state index contributed by atoms with van der Waals surface area (Å²) in [5.41, 5.74) is 16.0. The molecule has 0 spiro atoms. The van der Waals surface area contributed by atoms with E-state index >= 15 is 0 Å². The minimum Gasteiger partial charge on any atom is -0.310 e. The van der Waals surface area contributed by atoms with Gasteiger partial charge in [-0.2, -0.15) is 0 Å². The predicted molar refractivity (Wildman–Crippen MR) is 230 cm³/mol. The van der Waals surface area contributed by atoms with Crippen molar-refractivity contribution in [2.45, 2.75) is 19.3 Å². The smallest absolute Gasteiger partial charge is 0.0465 e. The second-order valence-electron chi connectivity index (χ2n) is 15.0. The summed E-state index contributed by atoms with van der Waals surface area (Å²) in [6.45, 7) is 4.70. The van der Waals surface area contributed by atoms with E-state index in [9.17, 15) is 0 Å². The van der Waals surface area contributed by atoms with Crippen LogP contribution in [0, 0.1) is 0 Å². The zero-order valence-electron chi connectivity index (χ0n) is 30.5. The molecule has 10 rings (SSSR count). The Balaban J connectivity index is 1.06. The average Bonchev–Trinajstić information content (AvgIpc) is 3.47. The quantitative estimate of drug-likeness (QED) is 0.157. The van der Waals surface area contributed by atoms with Crippen molar-refractivity contribution in [3.8, 4) is 44.5 Å². The Bertz CT molecular complexity index is 2810. The second-order valence-corrected chi connectivity index (χ2v) is 15.0. The first-order valence-corrected chi connectivity index (χ1v) is 18.8. The van der Waals surface area contributed by atoms with Gasteiger partial charge in [0.25, 0.3) is 0 Å². The summed E-state index contributed by atoms with van der Waals surface area (Å²) in [5, 5.41) is 5.05. The molecule has 0 atom stereocenters. The van der Waals surface area contributed by atoms with E-state index in [-0.39, 0.29) is 5.41 Å². The van der Waals surface area contributed by atoms with Crippen molar-refractivity contribution in [2.24, 2.45) is 0 Å². The maximum atomic E-state index is 2.41. The van der Waals surface area contributed by atoms with Crippen LogP contribution in [0.15, 0.2) is 200 Å². The molecule has 0 fully saturated rings. The highest BCUT2D eigenvalue weighted by Crippen LogP contribution is 2.50. The molecule has 54 heavy (non-hydrogen) atoms. The molecule has 0 amide bonds. The summed E-state index contributed by atoms with van der Waals surface area (Å²) >= 11 is 0. The molecule has 1 heteroatoms. The highest BCUT2D eigenvalue weighted by Gasteiger charge is 2.35. The van der Waals surface area contributed by atoms with Crippen LogP contribution < -0.4 is 4.90 Å². The number of rotatable bonds is 6. The van der Waals surface area contributed by atoms with Crippen molar-refractivity contribution < 1.29 is 0 Å². The fourth-order valence-corrected chi connectivity index (χ4v) is 8.55. The summed E-state index contributed by atoms with van der Waals surface area (Å²) < 4.78 is 0. The predicted octanol–water partition coefficient (Wildman–Crippen LogP) is 14.8. The highest BCUT2D eigenvalue weighted by molar-refractivity contribution is 6.10. The van der Waals surface area contributed by atoms with Gasteiger partial charge in [0, 0.05) is 22.5 Å². The number of benzene rings is 9. The van der Waals surface area contributed by atoms with E-state index in [1.807, 2.05) is 0 Å². The van der Waals surface area contributed by atoms with Crippen molar-refractivity contribution in [1.29, 1.82) is 0 Å². The zero-order chi connectivity index (χ0) is 36.2. The van der Waals surface area contributed by atoms with E-state index in [2.05, 4.69) is 219 Å². The maximum absolute atomic E-state index is 2.41. The van der Waals surface area contributed by atoms with Gasteiger partial charge in [0.05, 0.1) is 0 Å². The number of anilines is 3. The van der Waals surface area contributed by atoms with Crippen LogP contribution >= 0.6 is 0 Å². The Morgan fingerprint density at radius 1 is 0.315 bits per heavy atom. The first-order valence-electron chi connectivity index (χ1n) is 18.8. The lowest BCUT2D eigenvalue weighted by atomic mass is 9.82. The fourth-order valence-electron chi connectivity index (χ4n) is 8.55. The third-order valence-corrected chi connectivity index (χ3v) is 11.5. The molecular formula is C53H39N. The SMILES string of the molecule is CC1(C)c2ccccc2-c2ccc(N(c3ccc(-c4ccccc4)cc3)c3ccc(-c4ccc5ccc6ccc(-c7ccccc7)cc6c5c4)cc3)cc21. The van der Waals surface area contributed by atoms with Crippen molar-refractivity contribution >= 4 is 38.6 Å². The Kier molecular flexibility index (Phi) is 7.56. The largest absolute Gasteiger partial charge is 0.310 e. The van der Waals surface area contributed by atoms with Crippen LogP contribution in [0.25, 0.3) is 66.1 Å². The normalized spacial score (nSPS) is 12.8. The molecule has 0 bridgehead atoms. The van der Waals surface area contributed by atoms with Gasteiger partial charge in [-0.05, 0) is 126 Å². The molecule has 0 N–H and O–H groups in total. The monoisotopic (exact) mass is 689 g/mol. The summed E-state index contributed by atoms with van der Waals surface area (Å²) in [4.78, 5) is 2.40. The molecule has 0 heterocycles. The topological polar surface area (TPSA) is 3.24 Å². The van der Waals surface area contributed by atoms with E-state index in [4.69, 9.17) is 0 Å². The van der Waals surface area contributed by atoms with Gasteiger partial charge in [-0.1, -0.05) is 166 Å². The molecule has 256 valence electrons. The molecule has 0 aliphatic heterocycles. The molecule has 1 aliphatic rings. The third-order valence-electron chi connectivity index (χ3n) is 11.5. The maximum Gasteiger partial charge on any atom is 0.0465 e. The van der Waals surface area contributed by atoms with E-state index in [0.29, 0.717) is 0 Å². The van der Waals surface area contributed by atoms with Crippen molar-refractivity contribution in [2.75, 3.05) is 4.90 Å². The van der Waals surface area contributed by atoms with Crippen LogP contribution in [0.2, 0.25) is 0 Å². The number of nitrogens with zero attached hydrogens (tertiary/aromatic N) is 1. The molecule has 0 radical (unpaired) electrons. The van der Waals surface area contributed by atoms with Crippen LogP contribution in [0.5, 0.6) is 0 Å². The Labute approximate surface area is 317 Å². The lowest BCUT2D eigenvalue weighted by Gasteiger charge is -2.28. The van der Waals surface area contributed by atoms with Gasteiger partial charge in [0.15, 0.2) is 0 Å². The summed E-state index contributed by atoms with van der Waals surface area (Å²) in [5.74, 6) is 0. The van der Waals surface area contributed by atoms with Gasteiger partial charge in [-0.25, -0.2) is 0 Å². The second kappa shape index (κ2) is 12.8. The Morgan fingerprint density at radius 2 is 0.722 bits per heavy atom. The van der Waals surface area contributed by atoms with Crippen LogP contribution in [0.1, 0.15) is 25.0 Å². The standard InChI is InChI=1S/C53H39N/c1-53(2)51-16-10-9-15-47(51)48-32-31-46(35-52(48)53)54(44-27-23-38(24-28-44)36-11-5-3-6-12-36)45-29-25-39(26-30-45)43-22-20-41-18-17-40-19-21-42(33-49(40)50(41)34-43)37-13-7-4-8-14-37/h3-35H,1-2H3. The van der Waals surface area contributed by atoms with Crippen LogP contribution in [0.3, 0.4) is 0 Å². The number of hydrogen-bond acceptors (Lipinski definition) is 1. The summed E-state index contributed by atoms with van der Waals surface area (Å²) in [7, 11) is 0. The lowest BCUT2D eigenvalue weighted by Crippen LogP contribution is -2.16. The Hall–Kier alpha value is -6.70. The van der Waals surface area contributed by atoms with Gasteiger partial charge in [-0.15, -0.1) is 0 Å². The van der Waals surface area contributed by atoms with Gasteiger partial charge in [0.2, 0.25) is 0 Å². The van der Waals surface area contributed by atoms with Gasteiger partial charge >= 0.3 is 0 Å². The minimum atomic E-state index is -0.0866. The minimum absolute atomic E-state index is 0.0866. The van der Waals surface area contributed by atoms with E-state index < -0.39 is 0 Å². The molecule has 0 saturated carbocycles. The fraction of sp³-hybridized carbons (Fsp3) is 0.0566. The van der Waals surface area contributed by atoms with Crippen LogP contribution in [-0.2, 0) is 5.41 Å². The van der Waals surface area contributed by atoms with Gasteiger partial charge in [0.1, 0.15) is 0 Å². The molecule has 0 aromatic heterocycles. The first kappa shape index (κ1) is 32.0. The first-order chi connectivity index (χ1) is 26.5. The molecule has 9 aromatic carbocycles. The Morgan fingerprint density at radius 3 is 1.30 bits per heavy atom. The summed E-state index contributed by atoms with van der Waals surface area (Å²) in [6, 6.07) is 73.4. The van der Waals surface area contributed by atoms with Crippen molar-refractivity contribution in [1.82, 2.24) is 0 Å². The van der Waals surface area contributed by atoms with Crippen molar-refractivity contribution in [3.63, 3.8) is 0 Å². The average molecular weight is 690 g/mol. The third kappa shape index (κ3) is 5.40. The van der Waals surface area contributed by atoms with Crippen molar-refractivity contribution in [3.05, 3.63) is 211 Å². The lowest BCUT2D eigenvalue weighted by molar-refractivity contribution is 0.660. The van der Waals surface area contributed by atoms with E-state index in [1.165, 1.54) is 77.2 Å². The molecule has 1 nitrogen and oxygen atoms in total. The molecule has 9 aromatic rings. The molecule has 0 unspecified atom stereocenters. The van der Waals surface area contributed by atoms with Gasteiger partial charge < -0.3 is 4.90 Å². The molecule has 1 aliphatic carbocycles. The van der Waals surface area contributed by atoms with Crippen LogP contribution in [0.4, 0.5) is 17.1 Å². The van der Waals surface area contributed by atoms with E-state index in [1.54, 1.807) is 0 Å². The summed E-state index contributed by atoms with van der Waals surface area (Å²) in [6.07, 6.45) is 0. The number of hydrogen-bond donors (Lipinski definition) is 0. The molecule has 0 saturated heterocycles. The zero-order valence-corrected chi connectivity index (χ0v) is 30.5. The van der Waals surface area contributed by atoms with Gasteiger partial charge in [-0.3, -0.25) is 0 Å².